The first kappa shape index (κ1) is 22.5. The lowest BCUT2D eigenvalue weighted by molar-refractivity contribution is 0.192. The minimum Gasteiger partial charge on any atom is -0.314 e. The molecule has 36 heavy (non-hydrogen) atoms. The number of aryl methyl sites for hydroxylation is 1. The van der Waals surface area contributed by atoms with Crippen molar-refractivity contribution in [2.45, 2.75) is 19.4 Å². The van der Waals surface area contributed by atoms with E-state index in [4.69, 9.17) is 0 Å². The van der Waals surface area contributed by atoms with Crippen molar-refractivity contribution in [3.8, 4) is 11.3 Å². The van der Waals surface area contributed by atoms with Gasteiger partial charge in [0.05, 0.1) is 23.4 Å². The topological polar surface area (TPSA) is 98.4 Å². The fourth-order valence-corrected chi connectivity index (χ4v) is 5.22. The molecule has 1 aliphatic carbocycles. The zero-order valence-electron chi connectivity index (χ0n) is 19.9. The Morgan fingerprint density at radius 1 is 1.14 bits per heavy atom. The number of allylic oxidation sites excluding steroid dienone is 4. The average Bonchev–Trinajstić information content (AvgIpc) is 3.62. The second kappa shape index (κ2) is 8.59. The Hall–Kier alpha value is -3.99. The molecular formula is C25H25F2N9. The van der Waals surface area contributed by atoms with Crippen LogP contribution in [-0.4, -0.2) is 47.8 Å². The number of anilines is 2. The maximum absolute atomic E-state index is 14.2. The normalized spacial score (nSPS) is 24.1. The van der Waals surface area contributed by atoms with Crippen molar-refractivity contribution in [2.75, 3.05) is 18.4 Å². The van der Waals surface area contributed by atoms with Gasteiger partial charge in [-0.15, -0.1) is 5.10 Å². The first-order valence-electron chi connectivity index (χ1n) is 11.8. The molecule has 6 rings (SSSR count). The SMILES string of the molecule is Cn1nccc1Nc1nccc(-c2ccc3c(c2)nnn3C2CNC[C@H]2C2(C)C=CC(F)=C(F)C2)n1. The highest BCUT2D eigenvalue weighted by atomic mass is 19.2. The maximum Gasteiger partial charge on any atom is 0.228 e. The number of rotatable bonds is 5. The summed E-state index contributed by atoms with van der Waals surface area (Å²) in [5.41, 5.74) is 2.72. The van der Waals surface area contributed by atoms with Crippen LogP contribution in [0.25, 0.3) is 22.3 Å². The number of aromatic nitrogens is 7. The van der Waals surface area contributed by atoms with Gasteiger partial charge in [-0.05, 0) is 29.7 Å². The smallest absolute Gasteiger partial charge is 0.228 e. The van der Waals surface area contributed by atoms with E-state index in [9.17, 15) is 8.78 Å². The van der Waals surface area contributed by atoms with Gasteiger partial charge in [-0.2, -0.15) is 5.10 Å². The summed E-state index contributed by atoms with van der Waals surface area (Å²) >= 11 is 0. The van der Waals surface area contributed by atoms with Crippen LogP contribution in [0.1, 0.15) is 19.4 Å². The summed E-state index contributed by atoms with van der Waals surface area (Å²) < 4.78 is 31.5. The van der Waals surface area contributed by atoms with Crippen molar-refractivity contribution < 1.29 is 8.78 Å². The first-order chi connectivity index (χ1) is 17.4. The third kappa shape index (κ3) is 3.85. The van der Waals surface area contributed by atoms with Gasteiger partial charge >= 0.3 is 0 Å². The van der Waals surface area contributed by atoms with Gasteiger partial charge in [-0.3, -0.25) is 4.68 Å². The van der Waals surface area contributed by atoms with Gasteiger partial charge in [0.25, 0.3) is 0 Å². The van der Waals surface area contributed by atoms with Crippen LogP contribution < -0.4 is 10.6 Å². The number of hydrogen-bond acceptors (Lipinski definition) is 7. The second-order valence-corrected chi connectivity index (χ2v) is 9.57. The Morgan fingerprint density at radius 2 is 2.03 bits per heavy atom. The summed E-state index contributed by atoms with van der Waals surface area (Å²) in [4.78, 5) is 8.95. The zero-order valence-corrected chi connectivity index (χ0v) is 19.9. The van der Waals surface area contributed by atoms with Gasteiger partial charge in [0.15, 0.2) is 5.83 Å². The summed E-state index contributed by atoms with van der Waals surface area (Å²) in [6.07, 6.45) is 6.48. The Labute approximate surface area is 205 Å². The number of nitrogens with one attached hydrogen (secondary N) is 2. The predicted octanol–water partition coefficient (Wildman–Crippen LogP) is 4.24. The highest BCUT2D eigenvalue weighted by Gasteiger charge is 2.44. The van der Waals surface area contributed by atoms with Crippen LogP contribution in [0, 0.1) is 11.3 Å². The number of nitrogens with zero attached hydrogens (tertiary/aromatic N) is 7. The van der Waals surface area contributed by atoms with Crippen molar-refractivity contribution in [2.24, 2.45) is 18.4 Å². The molecule has 4 heterocycles. The molecule has 2 unspecified atom stereocenters. The predicted molar refractivity (Wildman–Crippen MR) is 132 cm³/mol. The van der Waals surface area contributed by atoms with Crippen molar-refractivity contribution in [3.63, 3.8) is 0 Å². The Balaban J connectivity index is 1.29. The van der Waals surface area contributed by atoms with Crippen molar-refractivity contribution in [3.05, 3.63) is 66.5 Å². The van der Waals surface area contributed by atoms with Crippen LogP contribution in [0.3, 0.4) is 0 Å². The van der Waals surface area contributed by atoms with Crippen LogP contribution in [0.15, 0.2) is 66.5 Å². The summed E-state index contributed by atoms with van der Waals surface area (Å²) in [5.74, 6) is -0.200. The standard InChI is InChI=1S/C25H25F2N9/c1-25(8-5-17(26)18(27)12-25)16-13-28-14-22(16)36-21-4-3-15(11-20(21)33-34-36)19-6-9-29-24(31-19)32-23-7-10-30-35(23)2/h3-11,16,22,28H,12-14H2,1-2H3,(H,29,31,32)/t16-,22?,25?/m1/s1. The van der Waals surface area contributed by atoms with E-state index < -0.39 is 17.1 Å². The summed E-state index contributed by atoms with van der Waals surface area (Å²) in [7, 11) is 1.84. The van der Waals surface area contributed by atoms with Gasteiger partial charge in [0, 0.05) is 50.3 Å². The van der Waals surface area contributed by atoms with Crippen molar-refractivity contribution in [1.82, 2.24) is 40.1 Å². The van der Waals surface area contributed by atoms with Gasteiger partial charge in [-0.25, -0.2) is 23.4 Å². The molecule has 184 valence electrons. The second-order valence-electron chi connectivity index (χ2n) is 9.57. The molecule has 11 heteroatoms. The highest BCUT2D eigenvalue weighted by Crippen LogP contribution is 2.47. The molecule has 0 spiro atoms. The summed E-state index contributed by atoms with van der Waals surface area (Å²) in [6.45, 7) is 3.34. The summed E-state index contributed by atoms with van der Waals surface area (Å²) in [5, 5.41) is 19.6. The molecule has 1 fully saturated rings. The lowest BCUT2D eigenvalue weighted by atomic mass is 9.70. The number of fused-ring (bicyclic) bond motifs is 1. The molecule has 9 nitrogen and oxygen atoms in total. The third-order valence-electron chi connectivity index (χ3n) is 7.23. The van der Waals surface area contributed by atoms with Gasteiger partial charge in [0.2, 0.25) is 5.95 Å². The van der Waals surface area contributed by atoms with Gasteiger partial charge in [-0.1, -0.05) is 24.3 Å². The Morgan fingerprint density at radius 3 is 2.83 bits per heavy atom. The van der Waals surface area contributed by atoms with E-state index in [2.05, 4.69) is 36.0 Å². The van der Waals surface area contributed by atoms with Crippen LogP contribution in [0.5, 0.6) is 0 Å². The van der Waals surface area contributed by atoms with Gasteiger partial charge < -0.3 is 10.6 Å². The minimum atomic E-state index is -0.780. The molecular weight excluding hydrogens is 464 g/mol. The maximum atomic E-state index is 14.2. The molecule has 0 amide bonds. The van der Waals surface area contributed by atoms with E-state index in [1.165, 1.54) is 6.08 Å². The Bertz CT molecular complexity index is 1500. The fraction of sp³-hybridized carbons (Fsp3) is 0.320. The van der Waals surface area contributed by atoms with Gasteiger partial charge in [0.1, 0.15) is 17.2 Å². The third-order valence-corrected chi connectivity index (χ3v) is 7.23. The lowest BCUT2D eigenvalue weighted by Crippen LogP contribution is -2.34. The fourth-order valence-electron chi connectivity index (χ4n) is 5.22. The van der Waals surface area contributed by atoms with E-state index in [0.29, 0.717) is 19.0 Å². The minimum absolute atomic E-state index is 0.0275. The van der Waals surface area contributed by atoms with Crippen LogP contribution in [0.2, 0.25) is 0 Å². The van der Waals surface area contributed by atoms with E-state index in [0.717, 1.165) is 28.1 Å². The van der Waals surface area contributed by atoms with E-state index in [-0.39, 0.29) is 18.4 Å². The van der Waals surface area contributed by atoms with Crippen molar-refractivity contribution in [1.29, 1.82) is 0 Å². The van der Waals surface area contributed by atoms with E-state index >= 15 is 0 Å². The van der Waals surface area contributed by atoms with Crippen LogP contribution >= 0.6 is 0 Å². The molecule has 4 aromatic rings. The zero-order chi connectivity index (χ0) is 24.9. The molecule has 0 bridgehead atoms. The first-order valence-corrected chi connectivity index (χ1v) is 11.8. The molecule has 1 aliphatic heterocycles. The summed E-state index contributed by atoms with van der Waals surface area (Å²) in [6, 6.07) is 9.56. The number of halogens is 2. The molecule has 0 radical (unpaired) electrons. The molecule has 2 aliphatic rings. The van der Waals surface area contributed by atoms with E-state index in [1.807, 2.05) is 49.0 Å². The van der Waals surface area contributed by atoms with Crippen LogP contribution in [-0.2, 0) is 7.05 Å². The lowest BCUT2D eigenvalue weighted by Gasteiger charge is -2.37. The average molecular weight is 490 g/mol. The van der Waals surface area contributed by atoms with Crippen molar-refractivity contribution >= 4 is 22.8 Å². The molecule has 1 saturated heterocycles. The monoisotopic (exact) mass is 489 g/mol. The molecule has 3 atom stereocenters. The highest BCUT2D eigenvalue weighted by molar-refractivity contribution is 5.81. The van der Waals surface area contributed by atoms with Crippen LogP contribution in [0.4, 0.5) is 20.5 Å². The molecule has 1 aromatic carbocycles. The molecule has 0 saturated carbocycles. The molecule has 2 N–H and O–H groups in total. The molecule has 3 aromatic heterocycles. The van der Waals surface area contributed by atoms with E-state index in [1.54, 1.807) is 23.2 Å². The number of hydrogen-bond donors (Lipinski definition) is 2. The number of benzene rings is 1. The quantitative estimate of drug-likeness (QED) is 0.433. The Kier molecular flexibility index (Phi) is 5.36. The largest absolute Gasteiger partial charge is 0.314 e.